The number of methoxy groups -OCH3 is 1. The Hall–Kier alpha value is -2.24. The SMILES string of the molecule is CCCCCC#CC(CS(=O)(=O)N1CCN(c2cccc(OC)c2)CC1)C(N)=O. The van der Waals surface area contributed by atoms with Crippen LogP contribution in [0.3, 0.4) is 0 Å². The summed E-state index contributed by atoms with van der Waals surface area (Å²) in [5.41, 5.74) is 6.39. The van der Waals surface area contributed by atoms with Gasteiger partial charge in [0.1, 0.15) is 11.7 Å². The number of nitrogens with zero attached hydrogens (tertiary/aromatic N) is 2. The standard InChI is InChI=1S/C21H31N3O4S/c1-3-4-5-6-7-9-18(21(22)25)17-29(26,27)24-14-12-23(13-15-24)19-10-8-11-20(16-19)28-2/h8,10-11,16,18H,3-6,12-15,17H2,1-2H3,(H2,22,25). The summed E-state index contributed by atoms with van der Waals surface area (Å²) in [5.74, 6) is 4.42. The normalized spacial score (nSPS) is 16.0. The summed E-state index contributed by atoms with van der Waals surface area (Å²) in [4.78, 5) is 13.8. The van der Waals surface area contributed by atoms with E-state index in [0.717, 1.165) is 30.7 Å². The van der Waals surface area contributed by atoms with Crippen LogP contribution in [0.1, 0.15) is 32.6 Å². The minimum Gasteiger partial charge on any atom is -0.497 e. The average molecular weight is 422 g/mol. The van der Waals surface area contributed by atoms with Crippen molar-refractivity contribution >= 4 is 21.6 Å². The molecule has 1 aliphatic heterocycles. The van der Waals surface area contributed by atoms with E-state index >= 15 is 0 Å². The molecule has 1 aliphatic rings. The third kappa shape index (κ3) is 6.94. The maximum Gasteiger partial charge on any atom is 0.233 e. The fourth-order valence-corrected chi connectivity index (χ4v) is 4.80. The summed E-state index contributed by atoms with van der Waals surface area (Å²) < 4.78 is 32.3. The minimum absolute atomic E-state index is 0.356. The number of ether oxygens (including phenoxy) is 1. The molecule has 0 radical (unpaired) electrons. The van der Waals surface area contributed by atoms with E-state index in [1.165, 1.54) is 4.31 Å². The number of sulfonamides is 1. The van der Waals surface area contributed by atoms with E-state index in [0.29, 0.717) is 32.6 Å². The van der Waals surface area contributed by atoms with Gasteiger partial charge in [-0.25, -0.2) is 8.42 Å². The topological polar surface area (TPSA) is 92.9 Å². The molecule has 8 heteroatoms. The number of hydrogen-bond acceptors (Lipinski definition) is 5. The van der Waals surface area contributed by atoms with Crippen molar-refractivity contribution in [3.63, 3.8) is 0 Å². The lowest BCUT2D eigenvalue weighted by molar-refractivity contribution is -0.119. The molecule has 1 saturated heterocycles. The Morgan fingerprint density at radius 1 is 1.24 bits per heavy atom. The van der Waals surface area contributed by atoms with E-state index in [1.807, 2.05) is 24.3 Å². The fourth-order valence-electron chi connectivity index (χ4n) is 3.20. The van der Waals surface area contributed by atoms with Gasteiger partial charge in [0.15, 0.2) is 0 Å². The molecule has 29 heavy (non-hydrogen) atoms. The van der Waals surface area contributed by atoms with Gasteiger partial charge in [-0.1, -0.05) is 31.8 Å². The molecule has 0 spiro atoms. The summed E-state index contributed by atoms with van der Waals surface area (Å²) in [7, 11) is -2.00. The molecule has 1 aromatic rings. The Morgan fingerprint density at radius 3 is 2.59 bits per heavy atom. The molecule has 1 atom stereocenters. The van der Waals surface area contributed by atoms with Crippen molar-refractivity contribution in [3.8, 4) is 17.6 Å². The molecular weight excluding hydrogens is 390 g/mol. The zero-order chi connectivity index (χ0) is 21.3. The number of unbranched alkanes of at least 4 members (excludes halogenated alkanes) is 3. The summed E-state index contributed by atoms with van der Waals surface area (Å²) in [6.07, 6.45) is 3.73. The number of carbonyl (C=O) groups is 1. The number of anilines is 1. The zero-order valence-electron chi connectivity index (χ0n) is 17.3. The highest BCUT2D eigenvalue weighted by atomic mass is 32.2. The van der Waals surface area contributed by atoms with Gasteiger partial charge in [0.25, 0.3) is 0 Å². The molecule has 1 fully saturated rings. The molecule has 1 aromatic carbocycles. The molecule has 0 bridgehead atoms. The quantitative estimate of drug-likeness (QED) is 0.485. The number of carbonyl (C=O) groups excluding carboxylic acids is 1. The van der Waals surface area contributed by atoms with Crippen LogP contribution in [0.4, 0.5) is 5.69 Å². The summed E-state index contributed by atoms with van der Waals surface area (Å²) in [6.45, 7) is 3.94. The average Bonchev–Trinajstić information content (AvgIpc) is 2.72. The van der Waals surface area contributed by atoms with Crippen LogP contribution < -0.4 is 15.4 Å². The Bertz CT molecular complexity index is 837. The first-order chi connectivity index (χ1) is 13.9. The van der Waals surface area contributed by atoms with Gasteiger partial charge in [0.05, 0.1) is 12.9 Å². The molecule has 0 aromatic heterocycles. The minimum atomic E-state index is -3.61. The van der Waals surface area contributed by atoms with Gasteiger partial charge in [-0.2, -0.15) is 4.31 Å². The predicted molar refractivity (Wildman–Crippen MR) is 115 cm³/mol. The van der Waals surface area contributed by atoms with Crippen molar-refractivity contribution in [3.05, 3.63) is 24.3 Å². The number of rotatable bonds is 9. The van der Waals surface area contributed by atoms with E-state index in [1.54, 1.807) is 7.11 Å². The van der Waals surface area contributed by atoms with Crippen LogP contribution in [0.5, 0.6) is 5.75 Å². The first-order valence-corrected chi connectivity index (χ1v) is 11.6. The second-order valence-corrected chi connectivity index (χ2v) is 9.11. The third-order valence-electron chi connectivity index (χ3n) is 4.95. The summed E-state index contributed by atoms with van der Waals surface area (Å²) in [6, 6.07) is 7.69. The number of piperazine rings is 1. The highest BCUT2D eigenvalue weighted by Gasteiger charge is 2.31. The Balaban J connectivity index is 1.96. The number of benzene rings is 1. The van der Waals surface area contributed by atoms with Crippen LogP contribution in [-0.2, 0) is 14.8 Å². The van der Waals surface area contributed by atoms with E-state index in [9.17, 15) is 13.2 Å². The number of nitrogens with two attached hydrogens (primary N) is 1. The largest absolute Gasteiger partial charge is 0.497 e. The lowest BCUT2D eigenvalue weighted by Gasteiger charge is -2.35. The maximum absolute atomic E-state index is 12.8. The van der Waals surface area contributed by atoms with Gasteiger partial charge in [-0.3, -0.25) is 4.79 Å². The van der Waals surface area contributed by atoms with Crippen LogP contribution in [-0.4, -0.2) is 57.7 Å². The molecule has 1 amide bonds. The van der Waals surface area contributed by atoms with E-state index in [4.69, 9.17) is 10.5 Å². The van der Waals surface area contributed by atoms with Gasteiger partial charge in [0.2, 0.25) is 15.9 Å². The molecule has 2 N–H and O–H groups in total. The monoisotopic (exact) mass is 421 g/mol. The molecular formula is C21H31N3O4S. The second kappa shape index (κ2) is 11.1. The first-order valence-electron chi connectivity index (χ1n) is 10.0. The Morgan fingerprint density at radius 2 is 1.97 bits per heavy atom. The van der Waals surface area contributed by atoms with E-state index in [-0.39, 0.29) is 5.75 Å². The zero-order valence-corrected chi connectivity index (χ0v) is 18.1. The van der Waals surface area contributed by atoms with Crippen LogP contribution >= 0.6 is 0 Å². The fraction of sp³-hybridized carbons (Fsp3) is 0.571. The second-order valence-electron chi connectivity index (χ2n) is 7.10. The third-order valence-corrected chi connectivity index (χ3v) is 6.86. The Kier molecular flexibility index (Phi) is 8.80. The molecule has 1 unspecified atom stereocenters. The van der Waals surface area contributed by atoms with Gasteiger partial charge in [-0.15, -0.1) is 5.92 Å². The Labute approximate surface area is 174 Å². The molecule has 2 rings (SSSR count). The first kappa shape index (κ1) is 23.0. The van der Waals surface area contributed by atoms with Crippen LogP contribution in [0.25, 0.3) is 0 Å². The predicted octanol–water partition coefficient (Wildman–Crippen LogP) is 1.83. The van der Waals surface area contributed by atoms with Crippen molar-refractivity contribution in [1.82, 2.24) is 4.31 Å². The van der Waals surface area contributed by atoms with Gasteiger partial charge < -0.3 is 15.4 Å². The van der Waals surface area contributed by atoms with Crippen LogP contribution in [0, 0.1) is 17.8 Å². The lowest BCUT2D eigenvalue weighted by Crippen LogP contribution is -2.50. The number of hydrogen-bond donors (Lipinski definition) is 1. The summed E-state index contributed by atoms with van der Waals surface area (Å²) >= 11 is 0. The lowest BCUT2D eigenvalue weighted by atomic mass is 10.1. The molecule has 7 nitrogen and oxygen atoms in total. The molecule has 0 aliphatic carbocycles. The van der Waals surface area contributed by atoms with Crippen molar-refractivity contribution in [1.29, 1.82) is 0 Å². The molecule has 0 saturated carbocycles. The smallest absolute Gasteiger partial charge is 0.233 e. The van der Waals surface area contributed by atoms with Gasteiger partial charge in [0, 0.05) is 44.4 Å². The van der Waals surface area contributed by atoms with Gasteiger partial charge in [-0.05, 0) is 18.6 Å². The van der Waals surface area contributed by atoms with E-state index < -0.39 is 21.8 Å². The van der Waals surface area contributed by atoms with Gasteiger partial charge >= 0.3 is 0 Å². The highest BCUT2D eigenvalue weighted by Crippen LogP contribution is 2.23. The van der Waals surface area contributed by atoms with Crippen molar-refractivity contribution in [2.45, 2.75) is 32.6 Å². The highest BCUT2D eigenvalue weighted by molar-refractivity contribution is 7.89. The van der Waals surface area contributed by atoms with Crippen molar-refractivity contribution in [2.24, 2.45) is 11.7 Å². The number of primary amides is 1. The number of amides is 1. The maximum atomic E-state index is 12.8. The van der Waals surface area contributed by atoms with E-state index in [2.05, 4.69) is 23.7 Å². The van der Waals surface area contributed by atoms with Crippen molar-refractivity contribution in [2.75, 3.05) is 43.9 Å². The summed E-state index contributed by atoms with van der Waals surface area (Å²) in [5, 5.41) is 0. The van der Waals surface area contributed by atoms with Crippen molar-refractivity contribution < 1.29 is 17.9 Å². The van der Waals surface area contributed by atoms with Crippen LogP contribution in [0.2, 0.25) is 0 Å². The van der Waals surface area contributed by atoms with Crippen LogP contribution in [0.15, 0.2) is 24.3 Å². The molecule has 1 heterocycles. The molecule has 160 valence electrons.